The number of aliphatic hydroxyl groups is 1. The van der Waals surface area contributed by atoms with Gasteiger partial charge in [0.05, 0.1) is 36.0 Å². The highest BCUT2D eigenvalue weighted by atomic mass is 16.7. The molecule has 0 spiro atoms. The van der Waals surface area contributed by atoms with E-state index in [0.29, 0.717) is 12.1 Å². The number of carbonyl (C=O) groups excluding carboxylic acids is 1. The van der Waals surface area contributed by atoms with E-state index in [4.69, 9.17) is 9.47 Å². The molecular weight excluding hydrogens is 679 g/mol. The minimum absolute atomic E-state index is 0.00474. The van der Waals surface area contributed by atoms with Crippen LogP contribution in [0.15, 0.2) is 122 Å². The quantitative estimate of drug-likeness (QED) is 0.171. The van der Waals surface area contributed by atoms with Gasteiger partial charge in [-0.05, 0) is 58.1 Å². The fourth-order valence-electron chi connectivity index (χ4n) is 7.23. The van der Waals surface area contributed by atoms with Crippen molar-refractivity contribution in [2.24, 2.45) is 5.92 Å². The molecule has 0 aliphatic carbocycles. The summed E-state index contributed by atoms with van der Waals surface area (Å²) in [5.41, 5.74) is 7.57. The van der Waals surface area contributed by atoms with E-state index in [9.17, 15) is 9.90 Å². The molecule has 0 bridgehead atoms. The minimum atomic E-state index is -0.585. The lowest BCUT2D eigenvalue weighted by Gasteiger charge is -2.44. The Balaban J connectivity index is 0.983. The number of anilines is 1. The monoisotopic (exact) mass is 721 g/mol. The van der Waals surface area contributed by atoms with Crippen LogP contribution >= 0.6 is 0 Å². The first-order valence-electron chi connectivity index (χ1n) is 18.4. The third kappa shape index (κ3) is 7.99. The van der Waals surface area contributed by atoms with Crippen LogP contribution in [0, 0.1) is 5.92 Å². The molecule has 2 aliphatic rings. The zero-order valence-corrected chi connectivity index (χ0v) is 30.2. The summed E-state index contributed by atoms with van der Waals surface area (Å²) in [5, 5.41) is 12.7. The molecule has 8 rings (SSSR count). The maximum Gasteiger partial charge on any atom is 0.271 e. The van der Waals surface area contributed by atoms with Crippen molar-refractivity contribution in [3.8, 4) is 11.1 Å². The number of piperazine rings is 1. The van der Waals surface area contributed by atoms with Gasteiger partial charge in [-0.25, -0.2) is 15.0 Å². The lowest BCUT2D eigenvalue weighted by Crippen LogP contribution is -2.51. The number of rotatable bonds is 10. The molecule has 2 N–H and O–H groups in total. The average molecular weight is 722 g/mol. The van der Waals surface area contributed by atoms with Crippen LogP contribution in [-0.2, 0) is 22.6 Å². The van der Waals surface area contributed by atoms with Crippen molar-refractivity contribution in [1.82, 2.24) is 30.2 Å². The van der Waals surface area contributed by atoms with E-state index in [-0.39, 0.29) is 36.3 Å². The van der Waals surface area contributed by atoms with E-state index in [0.717, 1.165) is 77.6 Å². The lowest BCUT2D eigenvalue weighted by atomic mass is 9.89. The topological polar surface area (TPSA) is 126 Å². The summed E-state index contributed by atoms with van der Waals surface area (Å²) in [6, 6.07) is 33.8. The van der Waals surface area contributed by atoms with E-state index in [1.807, 2.05) is 60.7 Å². The third-order valence-corrected chi connectivity index (χ3v) is 10.3. The van der Waals surface area contributed by atoms with Gasteiger partial charge >= 0.3 is 0 Å². The van der Waals surface area contributed by atoms with Gasteiger partial charge in [0.1, 0.15) is 5.69 Å². The predicted molar refractivity (Wildman–Crippen MR) is 206 cm³/mol. The molecule has 274 valence electrons. The highest BCUT2D eigenvalue weighted by Gasteiger charge is 2.39. The molecule has 2 aromatic heterocycles. The number of hydrogen-bond donors (Lipinski definition) is 2. The Morgan fingerprint density at radius 3 is 2.30 bits per heavy atom. The van der Waals surface area contributed by atoms with Gasteiger partial charge in [-0.1, -0.05) is 79.7 Å². The Kier molecular flexibility index (Phi) is 10.6. The molecule has 4 unspecified atom stereocenters. The number of aromatic nitrogens is 4. The Morgan fingerprint density at radius 1 is 0.778 bits per heavy atom. The van der Waals surface area contributed by atoms with Crippen LogP contribution in [0.5, 0.6) is 0 Å². The van der Waals surface area contributed by atoms with Gasteiger partial charge in [0, 0.05) is 63.1 Å². The van der Waals surface area contributed by atoms with Crippen molar-refractivity contribution in [1.29, 1.82) is 0 Å². The molecule has 0 saturated carbocycles. The zero-order valence-electron chi connectivity index (χ0n) is 30.2. The normalized spacial score (nSPS) is 20.5. The second-order valence-corrected chi connectivity index (χ2v) is 13.9. The number of fused-ring (bicyclic) bond motifs is 1. The minimum Gasteiger partial charge on any atom is -0.392 e. The first kappa shape index (κ1) is 35.4. The largest absolute Gasteiger partial charge is 0.392 e. The second-order valence-electron chi connectivity index (χ2n) is 13.9. The van der Waals surface area contributed by atoms with Gasteiger partial charge in [0.2, 0.25) is 5.95 Å². The number of nitrogens with zero attached hydrogens (tertiary/aromatic N) is 6. The maximum atomic E-state index is 13.0. The first-order valence-corrected chi connectivity index (χ1v) is 18.4. The van der Waals surface area contributed by atoms with Crippen molar-refractivity contribution in [2.75, 3.05) is 37.6 Å². The van der Waals surface area contributed by atoms with Gasteiger partial charge in [0.15, 0.2) is 6.29 Å². The van der Waals surface area contributed by atoms with Crippen molar-refractivity contribution in [3.05, 3.63) is 150 Å². The van der Waals surface area contributed by atoms with Crippen molar-refractivity contribution in [2.45, 2.75) is 38.6 Å². The molecule has 4 heterocycles. The van der Waals surface area contributed by atoms with Crippen LogP contribution < -0.4 is 10.2 Å². The zero-order chi connectivity index (χ0) is 36.9. The van der Waals surface area contributed by atoms with E-state index in [1.165, 1.54) is 6.20 Å². The maximum absolute atomic E-state index is 13.0. The Labute approximate surface area is 314 Å². The molecule has 1 amide bonds. The molecular formula is C43H43N7O4. The van der Waals surface area contributed by atoms with Crippen LogP contribution in [0.1, 0.15) is 52.1 Å². The van der Waals surface area contributed by atoms with Gasteiger partial charge < -0.3 is 24.8 Å². The van der Waals surface area contributed by atoms with Crippen molar-refractivity contribution < 1.29 is 19.4 Å². The summed E-state index contributed by atoms with van der Waals surface area (Å²) in [4.78, 5) is 35.4. The van der Waals surface area contributed by atoms with Crippen molar-refractivity contribution >= 4 is 22.9 Å². The van der Waals surface area contributed by atoms with E-state index >= 15 is 0 Å². The van der Waals surface area contributed by atoms with Crippen LogP contribution in [0.4, 0.5) is 5.95 Å². The van der Waals surface area contributed by atoms with E-state index in [1.54, 1.807) is 12.4 Å². The molecule has 54 heavy (non-hydrogen) atoms. The van der Waals surface area contributed by atoms with Crippen LogP contribution in [-0.4, -0.2) is 74.7 Å². The average Bonchev–Trinajstić information content (AvgIpc) is 3.24. The molecule has 11 heteroatoms. The molecule has 11 nitrogen and oxygen atoms in total. The van der Waals surface area contributed by atoms with E-state index in [2.05, 4.69) is 84.4 Å². The standard InChI is InChI=1S/C43H43N7O4/c1-29-39(27-49-19-21-50(22-20-49)43-44-17-6-18-45-43)53-42(54-40(29)32-15-13-30(28-51)14-16-32)35-10-5-9-34(24-35)33-8-4-7-31(23-33)25-47-41(52)38-26-46-36-11-2-3-12-37(36)48-38/h2-18,23-24,26,29,39-40,42,51H,19-22,25,27-28H2,1H3,(H,47,52). The second kappa shape index (κ2) is 16.2. The van der Waals surface area contributed by atoms with Gasteiger partial charge in [0.25, 0.3) is 5.91 Å². The molecule has 2 saturated heterocycles. The highest BCUT2D eigenvalue weighted by molar-refractivity contribution is 5.93. The molecule has 2 fully saturated rings. The molecule has 4 atom stereocenters. The molecule has 2 aliphatic heterocycles. The summed E-state index contributed by atoms with van der Waals surface area (Å²) in [6.45, 7) is 6.77. The molecule has 6 aromatic rings. The number of aliphatic hydroxyl groups excluding tert-OH is 1. The summed E-state index contributed by atoms with van der Waals surface area (Å²) in [7, 11) is 0. The SMILES string of the molecule is CC1C(CN2CCN(c3ncccn3)CC2)OC(c2cccc(-c3cccc(CNC(=O)c4cnc5ccccc5n4)c3)c2)OC1c1ccc(CO)cc1. The van der Waals surface area contributed by atoms with Crippen molar-refractivity contribution in [3.63, 3.8) is 0 Å². The third-order valence-electron chi connectivity index (χ3n) is 10.3. The number of para-hydroxylation sites is 2. The first-order chi connectivity index (χ1) is 26.5. The number of amides is 1. The lowest BCUT2D eigenvalue weighted by molar-refractivity contribution is -0.276. The summed E-state index contributed by atoms with van der Waals surface area (Å²) in [6.07, 6.45) is 4.20. The van der Waals surface area contributed by atoms with E-state index < -0.39 is 6.29 Å². The van der Waals surface area contributed by atoms with Crippen LogP contribution in [0.2, 0.25) is 0 Å². The number of carbonyl (C=O) groups is 1. The molecule has 4 aromatic carbocycles. The molecule has 0 radical (unpaired) electrons. The predicted octanol–water partition coefficient (Wildman–Crippen LogP) is 6.12. The van der Waals surface area contributed by atoms with Crippen LogP contribution in [0.25, 0.3) is 22.2 Å². The van der Waals surface area contributed by atoms with Gasteiger partial charge in [-0.15, -0.1) is 0 Å². The summed E-state index contributed by atoms with van der Waals surface area (Å²) < 4.78 is 13.6. The van der Waals surface area contributed by atoms with Gasteiger partial charge in [-0.3, -0.25) is 14.7 Å². The summed E-state index contributed by atoms with van der Waals surface area (Å²) >= 11 is 0. The number of ether oxygens (including phenoxy) is 2. The fraction of sp³-hybridized carbons (Fsp3) is 0.279. The Hall–Kier alpha value is -5.59. The Morgan fingerprint density at radius 2 is 1.52 bits per heavy atom. The summed E-state index contributed by atoms with van der Waals surface area (Å²) in [5.74, 6) is 0.571. The fourth-order valence-corrected chi connectivity index (χ4v) is 7.23. The smallest absolute Gasteiger partial charge is 0.271 e. The van der Waals surface area contributed by atoms with Gasteiger partial charge in [-0.2, -0.15) is 0 Å². The van der Waals surface area contributed by atoms with Crippen LogP contribution in [0.3, 0.4) is 0 Å². The number of hydrogen-bond acceptors (Lipinski definition) is 10. The highest BCUT2D eigenvalue weighted by Crippen LogP contribution is 2.42. The number of benzene rings is 4. The Bertz CT molecular complexity index is 2190. The number of nitrogens with one attached hydrogen (secondary N) is 1.